The fourth-order valence-electron chi connectivity index (χ4n) is 3.61. The van der Waals surface area contributed by atoms with Gasteiger partial charge in [-0.1, -0.05) is 6.42 Å². The Morgan fingerprint density at radius 3 is 2.57 bits per heavy atom. The number of likely N-dealkylation sites (N-methyl/N-ethyl adjacent to an activating group) is 1. The lowest BCUT2D eigenvalue weighted by atomic mass is 10.1. The van der Waals surface area contributed by atoms with E-state index in [-0.39, 0.29) is 12.0 Å². The van der Waals surface area contributed by atoms with Crippen LogP contribution in [0.3, 0.4) is 0 Å². The third-order valence-electron chi connectivity index (χ3n) is 4.65. The molecule has 0 amide bonds. The second-order valence-electron chi connectivity index (χ2n) is 6.22. The highest BCUT2D eigenvalue weighted by molar-refractivity contribution is 7.89. The van der Waals surface area contributed by atoms with Gasteiger partial charge in [0.15, 0.2) is 0 Å². The molecule has 1 saturated heterocycles. The Balaban J connectivity index is 2.22. The minimum atomic E-state index is -3.46. The van der Waals surface area contributed by atoms with E-state index in [1.54, 1.807) is 4.31 Å². The monoisotopic (exact) mass is 318 g/mol. The molecule has 2 aliphatic rings. The van der Waals surface area contributed by atoms with E-state index in [1.165, 1.54) is 7.11 Å². The van der Waals surface area contributed by atoms with Crippen molar-refractivity contribution in [3.8, 4) is 0 Å². The number of rotatable bonds is 3. The highest BCUT2D eigenvalue weighted by Gasteiger charge is 2.46. The van der Waals surface area contributed by atoms with Gasteiger partial charge in [0.05, 0.1) is 18.3 Å². The molecule has 3 atom stereocenters. The van der Waals surface area contributed by atoms with Crippen LogP contribution in [0.25, 0.3) is 0 Å². The Bertz CT molecular complexity index is 479. The maximum Gasteiger partial charge on any atom is 0.310 e. The zero-order valence-electron chi connectivity index (χ0n) is 13.1. The van der Waals surface area contributed by atoms with Crippen molar-refractivity contribution in [2.45, 2.75) is 43.9 Å². The van der Waals surface area contributed by atoms with Gasteiger partial charge in [-0.15, -0.1) is 0 Å². The summed E-state index contributed by atoms with van der Waals surface area (Å²) in [6, 6.07) is -0.0543. The lowest BCUT2D eigenvalue weighted by Gasteiger charge is -2.31. The van der Waals surface area contributed by atoms with Crippen LogP contribution in [0, 0.1) is 5.92 Å². The SMILES string of the molecule is COC(=O)C1CCCC1S(=O)(=O)N1CCCN(C)CC1C. The normalized spacial score (nSPS) is 32.8. The van der Waals surface area contributed by atoms with Crippen LogP contribution >= 0.6 is 0 Å². The van der Waals surface area contributed by atoms with Crippen molar-refractivity contribution in [1.82, 2.24) is 9.21 Å². The topological polar surface area (TPSA) is 66.9 Å². The largest absolute Gasteiger partial charge is 0.469 e. The molecule has 1 saturated carbocycles. The van der Waals surface area contributed by atoms with Crippen molar-refractivity contribution in [2.75, 3.05) is 33.8 Å². The van der Waals surface area contributed by atoms with Gasteiger partial charge >= 0.3 is 5.97 Å². The van der Waals surface area contributed by atoms with E-state index in [1.807, 2.05) is 14.0 Å². The van der Waals surface area contributed by atoms with E-state index in [9.17, 15) is 13.2 Å². The van der Waals surface area contributed by atoms with Crippen molar-refractivity contribution in [3.63, 3.8) is 0 Å². The molecule has 21 heavy (non-hydrogen) atoms. The molecule has 1 heterocycles. The smallest absolute Gasteiger partial charge is 0.310 e. The minimum Gasteiger partial charge on any atom is -0.469 e. The predicted octanol–water partition coefficient (Wildman–Crippen LogP) is 0.684. The van der Waals surface area contributed by atoms with Gasteiger partial charge in [-0.05, 0) is 39.8 Å². The van der Waals surface area contributed by atoms with Gasteiger partial charge in [-0.25, -0.2) is 8.42 Å². The highest BCUT2D eigenvalue weighted by Crippen LogP contribution is 2.34. The summed E-state index contributed by atoms with van der Waals surface area (Å²) in [4.78, 5) is 14.0. The molecule has 7 heteroatoms. The summed E-state index contributed by atoms with van der Waals surface area (Å²) >= 11 is 0. The van der Waals surface area contributed by atoms with Gasteiger partial charge in [0, 0.05) is 19.1 Å². The Morgan fingerprint density at radius 2 is 1.90 bits per heavy atom. The number of ether oxygens (including phenoxy) is 1. The molecule has 6 nitrogen and oxygen atoms in total. The van der Waals surface area contributed by atoms with E-state index in [0.717, 1.165) is 25.9 Å². The molecule has 1 aliphatic carbocycles. The van der Waals surface area contributed by atoms with E-state index >= 15 is 0 Å². The van der Waals surface area contributed by atoms with Gasteiger partial charge < -0.3 is 9.64 Å². The molecule has 0 radical (unpaired) electrons. The van der Waals surface area contributed by atoms with Crippen LogP contribution in [-0.2, 0) is 19.6 Å². The summed E-state index contributed by atoms with van der Waals surface area (Å²) in [5.74, 6) is -0.895. The summed E-state index contributed by atoms with van der Waals surface area (Å²) in [5.41, 5.74) is 0. The number of methoxy groups -OCH3 is 1. The van der Waals surface area contributed by atoms with E-state index in [2.05, 4.69) is 4.90 Å². The minimum absolute atomic E-state index is 0.0543. The molecule has 1 aliphatic heterocycles. The fraction of sp³-hybridized carbons (Fsp3) is 0.929. The number of esters is 1. The molecular formula is C14H26N2O4S. The number of nitrogens with zero attached hydrogens (tertiary/aromatic N) is 2. The summed E-state index contributed by atoms with van der Waals surface area (Å²) in [6.45, 7) is 4.12. The maximum atomic E-state index is 13.0. The van der Waals surface area contributed by atoms with Crippen LogP contribution in [0.4, 0.5) is 0 Å². The summed E-state index contributed by atoms with van der Waals surface area (Å²) in [7, 11) is -0.116. The first-order valence-electron chi connectivity index (χ1n) is 7.65. The zero-order valence-corrected chi connectivity index (χ0v) is 13.9. The molecule has 122 valence electrons. The van der Waals surface area contributed by atoms with Crippen molar-refractivity contribution >= 4 is 16.0 Å². The Kier molecular flexibility index (Phi) is 5.27. The summed E-state index contributed by atoms with van der Waals surface area (Å²) in [5, 5.41) is -0.615. The van der Waals surface area contributed by atoms with Crippen molar-refractivity contribution in [2.24, 2.45) is 5.92 Å². The first kappa shape index (κ1) is 16.7. The number of carbonyl (C=O) groups excluding carboxylic acids is 1. The van der Waals surface area contributed by atoms with Crippen molar-refractivity contribution in [1.29, 1.82) is 0 Å². The Hall–Kier alpha value is -0.660. The molecule has 2 fully saturated rings. The molecule has 0 aromatic carbocycles. The third kappa shape index (κ3) is 3.40. The number of hydrogen-bond donors (Lipinski definition) is 0. The van der Waals surface area contributed by atoms with Crippen molar-refractivity contribution in [3.05, 3.63) is 0 Å². The number of hydrogen-bond acceptors (Lipinski definition) is 5. The van der Waals surface area contributed by atoms with E-state index in [0.29, 0.717) is 19.4 Å². The van der Waals surface area contributed by atoms with E-state index in [4.69, 9.17) is 4.74 Å². The fourth-order valence-corrected chi connectivity index (χ4v) is 6.03. The average molecular weight is 318 g/mol. The molecule has 0 N–H and O–H groups in total. The highest BCUT2D eigenvalue weighted by atomic mass is 32.2. The van der Waals surface area contributed by atoms with Crippen LogP contribution in [0.15, 0.2) is 0 Å². The number of carbonyl (C=O) groups is 1. The molecule has 0 bridgehead atoms. The van der Waals surface area contributed by atoms with Crippen LogP contribution in [0.1, 0.15) is 32.6 Å². The molecule has 0 aromatic rings. The Morgan fingerprint density at radius 1 is 1.19 bits per heavy atom. The van der Waals surface area contributed by atoms with Crippen molar-refractivity contribution < 1.29 is 17.9 Å². The first-order valence-corrected chi connectivity index (χ1v) is 9.15. The quantitative estimate of drug-likeness (QED) is 0.716. The van der Waals surface area contributed by atoms with Gasteiger partial charge in [0.2, 0.25) is 10.0 Å². The first-order chi connectivity index (χ1) is 9.87. The molecule has 0 aromatic heterocycles. The Labute approximate surface area is 127 Å². The van der Waals surface area contributed by atoms with E-state index < -0.39 is 21.2 Å². The molecular weight excluding hydrogens is 292 g/mol. The predicted molar refractivity (Wildman–Crippen MR) is 80.3 cm³/mol. The van der Waals surface area contributed by atoms with Gasteiger partial charge in [-0.3, -0.25) is 4.79 Å². The molecule has 0 spiro atoms. The maximum absolute atomic E-state index is 13.0. The van der Waals surface area contributed by atoms with Crippen LogP contribution < -0.4 is 0 Å². The van der Waals surface area contributed by atoms with Crippen LogP contribution in [0.5, 0.6) is 0 Å². The average Bonchev–Trinajstić information content (AvgIpc) is 2.85. The van der Waals surface area contributed by atoms with Gasteiger partial charge in [0.1, 0.15) is 0 Å². The lowest BCUT2D eigenvalue weighted by Crippen LogP contribution is -2.48. The van der Waals surface area contributed by atoms with Gasteiger partial charge in [-0.2, -0.15) is 4.31 Å². The van der Waals surface area contributed by atoms with Crippen LogP contribution in [-0.4, -0.2) is 68.7 Å². The summed E-state index contributed by atoms with van der Waals surface area (Å²) < 4.78 is 32.4. The third-order valence-corrected chi connectivity index (χ3v) is 7.18. The second kappa shape index (κ2) is 6.62. The number of sulfonamides is 1. The van der Waals surface area contributed by atoms with Crippen LogP contribution in [0.2, 0.25) is 0 Å². The molecule has 2 rings (SSSR count). The zero-order chi connectivity index (χ0) is 15.6. The second-order valence-corrected chi connectivity index (χ2v) is 8.32. The standard InChI is InChI=1S/C14H26N2O4S/c1-11-10-15(2)8-5-9-16(11)21(18,19)13-7-4-6-12(13)14(17)20-3/h11-13H,4-10H2,1-3H3. The summed E-state index contributed by atoms with van der Waals surface area (Å²) in [6.07, 6.45) is 2.77. The molecule has 3 unspecified atom stereocenters. The lowest BCUT2D eigenvalue weighted by molar-refractivity contribution is -0.145. The van der Waals surface area contributed by atoms with Gasteiger partial charge in [0.25, 0.3) is 0 Å².